The molecule has 0 fully saturated rings. The highest BCUT2D eigenvalue weighted by Crippen LogP contribution is 2.10. The number of hydrogen-bond acceptors (Lipinski definition) is 3. The van der Waals surface area contributed by atoms with E-state index in [9.17, 15) is 0 Å². The lowest BCUT2D eigenvalue weighted by molar-refractivity contribution is -0.0186. The zero-order chi connectivity index (χ0) is 10.6. The molecular formula is C11H24O2S. The van der Waals surface area contributed by atoms with Crippen LogP contribution in [0.1, 0.15) is 51.9 Å². The van der Waals surface area contributed by atoms with Crippen LogP contribution in [0.2, 0.25) is 0 Å². The molecule has 0 saturated heterocycles. The van der Waals surface area contributed by atoms with E-state index in [1.807, 2.05) is 0 Å². The van der Waals surface area contributed by atoms with Gasteiger partial charge in [0.2, 0.25) is 0 Å². The minimum atomic E-state index is -1.13. The molecule has 3 heteroatoms. The fraction of sp³-hybridized carbons (Fsp3) is 1.00. The predicted octanol–water partition coefficient (Wildman–Crippen LogP) is 2.78. The van der Waals surface area contributed by atoms with Crippen LogP contribution in [-0.4, -0.2) is 28.0 Å². The van der Waals surface area contributed by atoms with Crippen molar-refractivity contribution in [2.45, 2.75) is 58.2 Å². The summed E-state index contributed by atoms with van der Waals surface area (Å²) in [7, 11) is 0. The lowest BCUT2D eigenvalue weighted by atomic mass is 10.1. The number of hydrogen-bond donors (Lipinski definition) is 2. The van der Waals surface area contributed by atoms with Crippen LogP contribution >= 0.6 is 11.8 Å². The summed E-state index contributed by atoms with van der Waals surface area (Å²) in [5, 5.41) is 17.2. The van der Waals surface area contributed by atoms with Gasteiger partial charge in [0.25, 0.3) is 0 Å². The average molecular weight is 220 g/mol. The fourth-order valence-electron chi connectivity index (χ4n) is 1.35. The predicted molar refractivity (Wildman–Crippen MR) is 63.5 cm³/mol. The normalized spacial score (nSPS) is 11.1. The van der Waals surface area contributed by atoms with Gasteiger partial charge < -0.3 is 10.2 Å². The number of rotatable bonds is 10. The molecule has 86 valence electrons. The highest BCUT2D eigenvalue weighted by molar-refractivity contribution is 7.99. The van der Waals surface area contributed by atoms with Crippen LogP contribution in [0, 0.1) is 0 Å². The van der Waals surface area contributed by atoms with Crippen molar-refractivity contribution in [2.75, 3.05) is 11.5 Å². The molecule has 2 N–H and O–H groups in total. The molecule has 14 heavy (non-hydrogen) atoms. The Bertz CT molecular complexity index is 107. The van der Waals surface area contributed by atoms with E-state index in [0.717, 1.165) is 5.75 Å². The van der Waals surface area contributed by atoms with E-state index in [0.29, 0.717) is 5.75 Å². The van der Waals surface area contributed by atoms with Crippen LogP contribution < -0.4 is 0 Å². The summed E-state index contributed by atoms with van der Waals surface area (Å²) >= 11 is 1.63. The first-order valence-corrected chi connectivity index (χ1v) is 6.86. The van der Waals surface area contributed by atoms with Crippen molar-refractivity contribution in [1.82, 2.24) is 0 Å². The van der Waals surface area contributed by atoms with Crippen molar-refractivity contribution < 1.29 is 10.2 Å². The first-order valence-electron chi connectivity index (χ1n) is 5.71. The van der Waals surface area contributed by atoms with Gasteiger partial charge in [-0.05, 0) is 12.2 Å². The summed E-state index contributed by atoms with van der Waals surface area (Å²) in [6.07, 6.45) is 8.12. The van der Waals surface area contributed by atoms with Crippen LogP contribution in [-0.2, 0) is 0 Å². The SMILES string of the molecule is CCCCCCCCCSCC(O)O. The minimum absolute atomic E-state index is 0.454. The van der Waals surface area contributed by atoms with Gasteiger partial charge in [-0.3, -0.25) is 0 Å². The molecule has 0 unspecified atom stereocenters. The molecule has 0 aliphatic rings. The van der Waals surface area contributed by atoms with Crippen LogP contribution in [0.4, 0.5) is 0 Å². The molecule has 0 aromatic heterocycles. The van der Waals surface area contributed by atoms with E-state index in [1.54, 1.807) is 11.8 Å². The highest BCUT2D eigenvalue weighted by atomic mass is 32.2. The summed E-state index contributed by atoms with van der Waals surface area (Å²) in [5.41, 5.74) is 0. The quantitative estimate of drug-likeness (QED) is 0.439. The van der Waals surface area contributed by atoms with Crippen LogP contribution in [0.5, 0.6) is 0 Å². The smallest absolute Gasteiger partial charge is 0.160 e. The van der Waals surface area contributed by atoms with Crippen LogP contribution in [0.25, 0.3) is 0 Å². The van der Waals surface area contributed by atoms with Crippen molar-refractivity contribution in [3.05, 3.63) is 0 Å². The molecule has 0 radical (unpaired) electrons. The molecule has 0 aliphatic heterocycles. The number of thioether (sulfide) groups is 1. The van der Waals surface area contributed by atoms with Gasteiger partial charge >= 0.3 is 0 Å². The van der Waals surface area contributed by atoms with Crippen molar-refractivity contribution in [1.29, 1.82) is 0 Å². The molecule has 0 atom stereocenters. The second-order valence-corrected chi connectivity index (χ2v) is 4.83. The molecule has 0 bridgehead atoms. The summed E-state index contributed by atoms with van der Waals surface area (Å²) in [6.45, 7) is 2.23. The Kier molecular flexibility index (Phi) is 11.6. The molecule has 0 heterocycles. The zero-order valence-corrected chi connectivity index (χ0v) is 10.1. The first-order chi connectivity index (χ1) is 6.77. The van der Waals surface area contributed by atoms with E-state index < -0.39 is 6.29 Å². The van der Waals surface area contributed by atoms with Gasteiger partial charge in [-0.2, -0.15) is 11.8 Å². The Morgan fingerprint density at radius 3 is 2.07 bits per heavy atom. The zero-order valence-electron chi connectivity index (χ0n) is 9.24. The Hall–Kier alpha value is 0.270. The van der Waals surface area contributed by atoms with Gasteiger partial charge in [0.05, 0.1) is 0 Å². The largest absolute Gasteiger partial charge is 0.367 e. The molecular weight excluding hydrogens is 196 g/mol. The second kappa shape index (κ2) is 11.3. The maximum absolute atomic E-state index is 8.59. The average Bonchev–Trinajstić information content (AvgIpc) is 2.15. The number of aliphatic hydroxyl groups excluding tert-OH is 1. The van der Waals surface area contributed by atoms with Gasteiger partial charge in [0.15, 0.2) is 6.29 Å². The molecule has 0 saturated carbocycles. The lowest BCUT2D eigenvalue weighted by Crippen LogP contribution is -2.07. The number of aliphatic hydroxyl groups is 2. The van der Waals surface area contributed by atoms with Gasteiger partial charge in [-0.1, -0.05) is 45.4 Å². The Morgan fingerprint density at radius 1 is 0.929 bits per heavy atom. The molecule has 0 aromatic carbocycles. The minimum Gasteiger partial charge on any atom is -0.367 e. The van der Waals surface area contributed by atoms with Gasteiger partial charge in [-0.25, -0.2) is 0 Å². The topological polar surface area (TPSA) is 40.5 Å². The summed E-state index contributed by atoms with van der Waals surface area (Å²) < 4.78 is 0. The van der Waals surface area contributed by atoms with Gasteiger partial charge in [0.1, 0.15) is 0 Å². The molecule has 2 nitrogen and oxygen atoms in total. The Balaban J connectivity index is 2.85. The standard InChI is InChI=1S/C11H24O2S/c1-2-3-4-5-6-7-8-9-14-10-11(12)13/h11-13H,2-10H2,1H3. The third kappa shape index (κ3) is 12.3. The third-order valence-corrected chi connectivity index (χ3v) is 3.27. The van der Waals surface area contributed by atoms with E-state index in [2.05, 4.69) is 6.92 Å². The maximum atomic E-state index is 8.59. The highest BCUT2D eigenvalue weighted by Gasteiger charge is 1.96. The molecule has 0 rings (SSSR count). The maximum Gasteiger partial charge on any atom is 0.160 e. The first kappa shape index (κ1) is 14.3. The van der Waals surface area contributed by atoms with Gasteiger partial charge in [0, 0.05) is 5.75 Å². The monoisotopic (exact) mass is 220 g/mol. The van der Waals surface area contributed by atoms with Gasteiger partial charge in [-0.15, -0.1) is 0 Å². The lowest BCUT2D eigenvalue weighted by Gasteiger charge is -2.03. The summed E-state index contributed by atoms with van der Waals surface area (Å²) in [4.78, 5) is 0. The van der Waals surface area contributed by atoms with E-state index in [1.165, 1.54) is 44.9 Å². The third-order valence-electron chi connectivity index (χ3n) is 2.16. The van der Waals surface area contributed by atoms with Crippen molar-refractivity contribution in [2.24, 2.45) is 0 Å². The molecule has 0 amide bonds. The summed E-state index contributed by atoms with van der Waals surface area (Å²) in [6, 6.07) is 0. The van der Waals surface area contributed by atoms with Crippen molar-refractivity contribution >= 4 is 11.8 Å². The van der Waals surface area contributed by atoms with E-state index in [4.69, 9.17) is 10.2 Å². The summed E-state index contributed by atoms with van der Waals surface area (Å²) in [5.74, 6) is 1.52. The Morgan fingerprint density at radius 2 is 1.50 bits per heavy atom. The Labute approximate surface area is 92.1 Å². The van der Waals surface area contributed by atoms with Crippen molar-refractivity contribution in [3.63, 3.8) is 0 Å². The van der Waals surface area contributed by atoms with E-state index >= 15 is 0 Å². The number of unbranched alkanes of at least 4 members (excludes halogenated alkanes) is 6. The molecule has 0 spiro atoms. The molecule has 0 aromatic rings. The fourth-order valence-corrected chi connectivity index (χ4v) is 2.14. The van der Waals surface area contributed by atoms with Crippen LogP contribution in [0.15, 0.2) is 0 Å². The molecule has 0 aliphatic carbocycles. The van der Waals surface area contributed by atoms with E-state index in [-0.39, 0.29) is 0 Å². The van der Waals surface area contributed by atoms with Crippen molar-refractivity contribution in [3.8, 4) is 0 Å². The second-order valence-electron chi connectivity index (χ2n) is 3.68. The van der Waals surface area contributed by atoms with Crippen LogP contribution in [0.3, 0.4) is 0 Å².